The molecule has 1 aromatic carbocycles. The first-order valence-electron chi connectivity index (χ1n) is 6.90. The van der Waals surface area contributed by atoms with Crippen molar-refractivity contribution in [1.29, 1.82) is 0 Å². The Morgan fingerprint density at radius 1 is 1.11 bits per heavy atom. The Labute approximate surface area is 108 Å². The number of rotatable bonds is 2. The molecule has 1 saturated carbocycles. The van der Waals surface area contributed by atoms with Gasteiger partial charge < -0.3 is 0 Å². The van der Waals surface area contributed by atoms with Gasteiger partial charge in [-0.2, -0.15) is 0 Å². The number of carbonyl (C=O) groups excluding carboxylic acids is 1. The number of Topliss-reactive ketones (excluding diaryl/α,β-unsaturated/α-hetero) is 1. The van der Waals surface area contributed by atoms with Crippen LogP contribution in [0.4, 0.5) is 4.39 Å². The van der Waals surface area contributed by atoms with Crippen molar-refractivity contribution in [2.75, 3.05) is 0 Å². The van der Waals surface area contributed by atoms with Gasteiger partial charge in [-0.15, -0.1) is 0 Å². The summed E-state index contributed by atoms with van der Waals surface area (Å²) in [5, 5.41) is 0. The van der Waals surface area contributed by atoms with Gasteiger partial charge >= 0.3 is 0 Å². The highest BCUT2D eigenvalue weighted by Crippen LogP contribution is 2.28. The van der Waals surface area contributed by atoms with Gasteiger partial charge in [0, 0.05) is 5.92 Å². The van der Waals surface area contributed by atoms with E-state index < -0.39 is 0 Å². The Morgan fingerprint density at radius 2 is 1.72 bits per heavy atom. The highest BCUT2D eigenvalue weighted by molar-refractivity contribution is 5.99. The van der Waals surface area contributed by atoms with Crippen LogP contribution >= 0.6 is 0 Å². The van der Waals surface area contributed by atoms with E-state index in [1.807, 2.05) is 19.9 Å². The zero-order valence-corrected chi connectivity index (χ0v) is 11.3. The second kappa shape index (κ2) is 5.64. The molecular formula is C16H21FO. The monoisotopic (exact) mass is 248 g/mol. The molecule has 0 atom stereocenters. The number of halogens is 1. The summed E-state index contributed by atoms with van der Waals surface area (Å²) >= 11 is 0. The summed E-state index contributed by atoms with van der Waals surface area (Å²) in [7, 11) is 0. The van der Waals surface area contributed by atoms with Gasteiger partial charge in [-0.25, -0.2) is 4.39 Å². The Morgan fingerprint density at radius 3 is 2.28 bits per heavy atom. The van der Waals surface area contributed by atoms with Gasteiger partial charge in [0.2, 0.25) is 0 Å². The van der Waals surface area contributed by atoms with Gasteiger partial charge in [0.15, 0.2) is 5.78 Å². The Balaban J connectivity index is 2.27. The number of hydrogen-bond donors (Lipinski definition) is 0. The Hall–Kier alpha value is -1.18. The van der Waals surface area contributed by atoms with Crippen molar-refractivity contribution in [2.24, 2.45) is 5.92 Å². The van der Waals surface area contributed by atoms with Crippen molar-refractivity contribution in [3.8, 4) is 0 Å². The zero-order chi connectivity index (χ0) is 13.1. The summed E-state index contributed by atoms with van der Waals surface area (Å²) in [6.45, 7) is 3.69. The molecular weight excluding hydrogens is 227 g/mol. The average molecular weight is 248 g/mol. The minimum atomic E-state index is -0.346. The van der Waals surface area contributed by atoms with E-state index in [4.69, 9.17) is 0 Å². The van der Waals surface area contributed by atoms with E-state index in [1.165, 1.54) is 18.9 Å². The molecule has 0 aromatic heterocycles. The van der Waals surface area contributed by atoms with E-state index >= 15 is 0 Å². The molecule has 1 aliphatic carbocycles. The third kappa shape index (κ3) is 2.80. The Kier molecular flexibility index (Phi) is 4.15. The second-order valence-electron chi connectivity index (χ2n) is 5.49. The summed E-state index contributed by atoms with van der Waals surface area (Å²) in [5.41, 5.74) is 1.98. The number of aryl methyl sites for hydroxylation is 2. The molecule has 1 aromatic rings. The van der Waals surface area contributed by atoms with Crippen LogP contribution in [-0.4, -0.2) is 5.78 Å². The molecule has 0 N–H and O–H groups in total. The number of ketones is 1. The van der Waals surface area contributed by atoms with E-state index in [1.54, 1.807) is 0 Å². The third-order valence-corrected chi connectivity index (χ3v) is 3.90. The van der Waals surface area contributed by atoms with E-state index in [2.05, 4.69) is 0 Å². The molecule has 0 heterocycles. The summed E-state index contributed by atoms with van der Waals surface area (Å²) in [6, 6.07) is 3.37. The maximum Gasteiger partial charge on any atom is 0.169 e. The maximum absolute atomic E-state index is 14.0. The van der Waals surface area contributed by atoms with Gasteiger partial charge in [-0.3, -0.25) is 4.79 Å². The fourth-order valence-electron chi connectivity index (χ4n) is 2.97. The lowest BCUT2D eigenvalue weighted by Crippen LogP contribution is -2.17. The summed E-state index contributed by atoms with van der Waals surface area (Å²) in [5.74, 6) is -0.294. The molecule has 2 heteroatoms. The molecule has 0 radical (unpaired) electrons. The van der Waals surface area contributed by atoms with Gasteiger partial charge in [-0.1, -0.05) is 31.7 Å². The van der Waals surface area contributed by atoms with Gasteiger partial charge in [0.05, 0.1) is 5.56 Å². The van der Waals surface area contributed by atoms with Gasteiger partial charge in [0.1, 0.15) is 5.82 Å². The lowest BCUT2D eigenvalue weighted by atomic mass is 9.88. The number of hydrogen-bond acceptors (Lipinski definition) is 1. The molecule has 2 rings (SSSR count). The lowest BCUT2D eigenvalue weighted by Gasteiger charge is -2.15. The van der Waals surface area contributed by atoms with Crippen molar-refractivity contribution in [2.45, 2.75) is 52.4 Å². The standard InChI is InChI=1S/C16H21FO/c1-11-9-12(2)15(14(17)10-11)16(18)13-7-5-3-4-6-8-13/h9-10,13H,3-8H2,1-2H3. The number of carbonyl (C=O) groups is 1. The van der Waals surface area contributed by atoms with Crippen LogP contribution in [0.1, 0.15) is 60.0 Å². The van der Waals surface area contributed by atoms with Gasteiger partial charge in [-0.05, 0) is 43.9 Å². The highest BCUT2D eigenvalue weighted by Gasteiger charge is 2.25. The molecule has 0 bridgehead atoms. The molecule has 1 aliphatic rings. The molecule has 0 spiro atoms. The minimum absolute atomic E-state index is 0.0203. The van der Waals surface area contributed by atoms with Crippen molar-refractivity contribution in [1.82, 2.24) is 0 Å². The van der Waals surface area contributed by atoms with Gasteiger partial charge in [0.25, 0.3) is 0 Å². The van der Waals surface area contributed by atoms with Crippen LogP contribution in [0.5, 0.6) is 0 Å². The van der Waals surface area contributed by atoms with Crippen LogP contribution in [-0.2, 0) is 0 Å². The predicted octanol–water partition coefficient (Wildman–Crippen LogP) is 4.60. The second-order valence-corrected chi connectivity index (χ2v) is 5.49. The first-order valence-corrected chi connectivity index (χ1v) is 6.90. The summed E-state index contributed by atoms with van der Waals surface area (Å²) < 4.78 is 14.0. The van der Waals surface area contributed by atoms with E-state index in [0.29, 0.717) is 5.56 Å². The van der Waals surface area contributed by atoms with Crippen molar-refractivity contribution < 1.29 is 9.18 Å². The average Bonchev–Trinajstić information content (AvgIpc) is 2.55. The first kappa shape index (κ1) is 13.3. The highest BCUT2D eigenvalue weighted by atomic mass is 19.1. The van der Waals surface area contributed by atoms with Crippen LogP contribution in [0.15, 0.2) is 12.1 Å². The third-order valence-electron chi connectivity index (χ3n) is 3.90. The lowest BCUT2D eigenvalue weighted by molar-refractivity contribution is 0.0903. The largest absolute Gasteiger partial charge is 0.294 e. The fourth-order valence-corrected chi connectivity index (χ4v) is 2.97. The van der Waals surface area contributed by atoms with E-state index in [9.17, 15) is 9.18 Å². The van der Waals surface area contributed by atoms with Crippen LogP contribution in [0.25, 0.3) is 0 Å². The maximum atomic E-state index is 14.0. The minimum Gasteiger partial charge on any atom is -0.294 e. The molecule has 0 saturated heterocycles. The predicted molar refractivity (Wildman–Crippen MR) is 71.4 cm³/mol. The molecule has 1 fully saturated rings. The SMILES string of the molecule is Cc1cc(C)c(C(=O)C2CCCCCC2)c(F)c1. The molecule has 0 unspecified atom stereocenters. The van der Waals surface area contributed by atoms with Crippen LogP contribution in [0, 0.1) is 25.6 Å². The van der Waals surface area contributed by atoms with Crippen molar-refractivity contribution in [3.05, 3.63) is 34.6 Å². The molecule has 0 aliphatic heterocycles. The molecule has 18 heavy (non-hydrogen) atoms. The zero-order valence-electron chi connectivity index (χ0n) is 11.3. The summed E-state index contributed by atoms with van der Waals surface area (Å²) in [4.78, 5) is 12.5. The molecule has 98 valence electrons. The topological polar surface area (TPSA) is 17.1 Å². The Bertz CT molecular complexity index is 419. The van der Waals surface area contributed by atoms with Crippen LogP contribution < -0.4 is 0 Å². The smallest absolute Gasteiger partial charge is 0.169 e. The number of benzene rings is 1. The molecule has 1 nitrogen and oxygen atoms in total. The van der Waals surface area contributed by atoms with Crippen LogP contribution in [0.2, 0.25) is 0 Å². The van der Waals surface area contributed by atoms with E-state index in [-0.39, 0.29) is 17.5 Å². The van der Waals surface area contributed by atoms with Crippen LogP contribution in [0.3, 0.4) is 0 Å². The fraction of sp³-hybridized carbons (Fsp3) is 0.562. The van der Waals surface area contributed by atoms with Crippen molar-refractivity contribution in [3.63, 3.8) is 0 Å². The van der Waals surface area contributed by atoms with E-state index in [0.717, 1.165) is 36.8 Å². The molecule has 0 amide bonds. The first-order chi connectivity index (χ1) is 8.59. The van der Waals surface area contributed by atoms with Crippen molar-refractivity contribution >= 4 is 5.78 Å². The summed E-state index contributed by atoms with van der Waals surface area (Å²) in [6.07, 6.45) is 6.46. The normalized spacial score (nSPS) is 17.5. The quantitative estimate of drug-likeness (QED) is 0.552.